The fourth-order valence-electron chi connectivity index (χ4n) is 9.85. The SMILES string of the molecule is [C-]#[N+]c1ccc2c(c1Cl)CCN2C1CCC(NC(=O)c2ccc(N3CCC(CN4Cc5cc6c(cc5C4)C(=O)N(C4CCC(=O)NC4=O)C6=O)CC3)cc2)CC1. The van der Waals surface area contributed by atoms with E-state index < -0.39 is 23.8 Å². The molecule has 1 atom stereocenters. The zero-order chi connectivity index (χ0) is 38.7. The molecule has 288 valence electrons. The maximum atomic E-state index is 13.3. The number of nitrogens with zero attached hydrogens (tertiary/aromatic N) is 5. The number of imide groups is 2. The summed E-state index contributed by atoms with van der Waals surface area (Å²) in [5, 5.41) is 6.12. The van der Waals surface area contributed by atoms with Gasteiger partial charge in [-0.15, -0.1) is 0 Å². The standard InChI is InChI=1S/C43H44ClN7O5/c1-45-35-10-11-36-32(39(35)44)16-19-50(36)31-8-4-29(5-9-31)46-40(53)26-2-6-30(7-3-26)49-17-14-25(15-18-49)22-48-23-27-20-33-34(21-28(27)24-48)43(56)51(42(33)55)37-12-13-38(52)47-41(37)54/h2-3,6-7,10-11,20-21,25,29,31,37H,4-5,8-9,12-19,22-24H2,(H,46,53)(H,47,52,54). The van der Waals surface area contributed by atoms with Crippen molar-refractivity contribution in [2.75, 3.05) is 36.0 Å². The number of benzene rings is 3. The third-order valence-corrected chi connectivity index (χ3v) is 13.3. The molecule has 1 unspecified atom stereocenters. The summed E-state index contributed by atoms with van der Waals surface area (Å²) < 4.78 is 0. The minimum Gasteiger partial charge on any atom is -0.372 e. The topological polar surface area (TPSA) is 127 Å². The van der Waals surface area contributed by atoms with Crippen molar-refractivity contribution in [2.24, 2.45) is 5.92 Å². The van der Waals surface area contributed by atoms with Gasteiger partial charge in [0.05, 0.1) is 22.7 Å². The van der Waals surface area contributed by atoms with Gasteiger partial charge in [0, 0.05) is 74.7 Å². The van der Waals surface area contributed by atoms with Crippen molar-refractivity contribution in [1.29, 1.82) is 0 Å². The third kappa shape index (κ3) is 6.60. The number of amides is 5. The molecule has 13 heteroatoms. The van der Waals surface area contributed by atoms with Gasteiger partial charge in [0.25, 0.3) is 17.7 Å². The number of anilines is 2. The number of piperidine rings is 2. The van der Waals surface area contributed by atoms with E-state index in [1.807, 2.05) is 36.4 Å². The lowest BCUT2D eigenvalue weighted by atomic mass is 9.90. The fraction of sp³-hybridized carbons (Fsp3) is 0.442. The number of carbonyl (C=O) groups is 5. The van der Waals surface area contributed by atoms with Gasteiger partial charge in [-0.3, -0.25) is 39.1 Å². The maximum absolute atomic E-state index is 13.3. The van der Waals surface area contributed by atoms with Crippen LogP contribution in [0.1, 0.15) is 99.1 Å². The molecular weight excluding hydrogens is 730 g/mol. The van der Waals surface area contributed by atoms with Gasteiger partial charge in [0.1, 0.15) is 6.04 Å². The molecule has 0 bridgehead atoms. The minimum absolute atomic E-state index is 0.0270. The summed E-state index contributed by atoms with van der Waals surface area (Å²) in [4.78, 5) is 75.7. The maximum Gasteiger partial charge on any atom is 0.262 e. The molecule has 3 aromatic carbocycles. The zero-order valence-corrected chi connectivity index (χ0v) is 31.9. The van der Waals surface area contributed by atoms with E-state index in [4.69, 9.17) is 18.2 Å². The molecule has 0 radical (unpaired) electrons. The number of fused-ring (bicyclic) bond motifs is 3. The van der Waals surface area contributed by atoms with Crippen molar-refractivity contribution in [1.82, 2.24) is 20.4 Å². The molecule has 9 rings (SSSR count). The highest BCUT2D eigenvalue weighted by Gasteiger charge is 2.45. The number of nitrogens with one attached hydrogen (secondary N) is 2. The second kappa shape index (κ2) is 14.7. The van der Waals surface area contributed by atoms with Crippen LogP contribution in [0.25, 0.3) is 4.85 Å². The molecular formula is C43H44ClN7O5. The summed E-state index contributed by atoms with van der Waals surface area (Å²) in [5.74, 6) is -1.41. The molecule has 12 nitrogen and oxygen atoms in total. The summed E-state index contributed by atoms with van der Waals surface area (Å²) in [5.41, 5.74) is 7.33. The first-order valence-electron chi connectivity index (χ1n) is 19.9. The Balaban J connectivity index is 0.729. The number of hydrogen-bond acceptors (Lipinski definition) is 8. The van der Waals surface area contributed by atoms with Crippen molar-refractivity contribution >= 4 is 58.2 Å². The average Bonchev–Trinajstić information content (AvgIpc) is 3.89. The van der Waals surface area contributed by atoms with Gasteiger partial charge in [0.2, 0.25) is 17.5 Å². The zero-order valence-electron chi connectivity index (χ0n) is 31.2. The van der Waals surface area contributed by atoms with Crippen LogP contribution in [0.15, 0.2) is 48.5 Å². The van der Waals surface area contributed by atoms with Crippen LogP contribution in [0.5, 0.6) is 0 Å². The minimum atomic E-state index is -0.958. The van der Waals surface area contributed by atoms with Crippen molar-refractivity contribution in [2.45, 2.75) is 89.0 Å². The van der Waals surface area contributed by atoms with Crippen molar-refractivity contribution in [3.05, 3.63) is 98.4 Å². The number of hydrogen-bond donors (Lipinski definition) is 2. The van der Waals surface area contributed by atoms with E-state index in [1.54, 1.807) is 0 Å². The number of halogens is 1. The summed E-state index contributed by atoms with van der Waals surface area (Å²) in [7, 11) is 0. The third-order valence-electron chi connectivity index (χ3n) is 12.9. The summed E-state index contributed by atoms with van der Waals surface area (Å²) >= 11 is 6.52. The molecule has 6 aliphatic rings. The van der Waals surface area contributed by atoms with Crippen LogP contribution in [0.2, 0.25) is 5.02 Å². The molecule has 2 saturated heterocycles. The second-order valence-electron chi connectivity index (χ2n) is 16.2. The van der Waals surface area contributed by atoms with Crippen molar-refractivity contribution in [3.63, 3.8) is 0 Å². The molecule has 1 saturated carbocycles. The highest BCUT2D eigenvalue weighted by atomic mass is 35.5. The van der Waals surface area contributed by atoms with Crippen molar-refractivity contribution in [3.8, 4) is 0 Å². The summed E-state index contributed by atoms with van der Waals surface area (Å²) in [6.07, 6.45) is 7.07. The first-order chi connectivity index (χ1) is 27.1. The van der Waals surface area contributed by atoms with Gasteiger partial charge >= 0.3 is 0 Å². The summed E-state index contributed by atoms with van der Waals surface area (Å²) in [6.45, 7) is 12.5. The van der Waals surface area contributed by atoms with Crippen molar-refractivity contribution < 1.29 is 24.0 Å². The normalized spacial score (nSPS) is 23.9. The Labute approximate surface area is 330 Å². The molecule has 5 aliphatic heterocycles. The van der Waals surface area contributed by atoms with E-state index >= 15 is 0 Å². The Kier molecular flexibility index (Phi) is 9.54. The van der Waals surface area contributed by atoms with Gasteiger partial charge in [-0.05, 0) is 116 Å². The van der Waals surface area contributed by atoms with E-state index in [9.17, 15) is 24.0 Å². The van der Waals surface area contributed by atoms with E-state index in [0.29, 0.717) is 52.4 Å². The van der Waals surface area contributed by atoms with E-state index in [2.05, 4.69) is 42.3 Å². The van der Waals surface area contributed by atoms with Gasteiger partial charge < -0.3 is 15.1 Å². The smallest absolute Gasteiger partial charge is 0.262 e. The Morgan fingerprint density at radius 2 is 1.52 bits per heavy atom. The van der Waals surface area contributed by atoms with E-state index in [1.165, 1.54) is 0 Å². The molecule has 5 amide bonds. The average molecular weight is 774 g/mol. The van der Waals surface area contributed by atoms with Gasteiger partial charge in [-0.25, -0.2) is 4.85 Å². The number of rotatable bonds is 7. The fourth-order valence-corrected chi connectivity index (χ4v) is 10.2. The van der Waals surface area contributed by atoms with Crippen LogP contribution < -0.4 is 20.4 Å². The molecule has 1 aliphatic carbocycles. The largest absolute Gasteiger partial charge is 0.372 e. The van der Waals surface area contributed by atoms with Crippen LogP contribution in [0, 0.1) is 12.5 Å². The highest BCUT2D eigenvalue weighted by molar-refractivity contribution is 6.34. The molecule has 0 spiro atoms. The Hall–Kier alpha value is -5.25. The molecule has 3 aromatic rings. The predicted octanol–water partition coefficient (Wildman–Crippen LogP) is 5.63. The van der Waals surface area contributed by atoms with Crippen LogP contribution in [0.3, 0.4) is 0 Å². The lowest BCUT2D eigenvalue weighted by molar-refractivity contribution is -0.136. The molecule has 2 N–H and O–H groups in total. The monoisotopic (exact) mass is 773 g/mol. The first kappa shape index (κ1) is 36.4. The van der Waals surface area contributed by atoms with E-state index in [-0.39, 0.29) is 30.7 Å². The van der Waals surface area contributed by atoms with Crippen LogP contribution in [0.4, 0.5) is 17.1 Å². The highest BCUT2D eigenvalue weighted by Crippen LogP contribution is 2.42. The predicted molar refractivity (Wildman–Crippen MR) is 211 cm³/mol. The van der Waals surface area contributed by atoms with E-state index in [0.717, 1.165) is 104 Å². The second-order valence-corrected chi connectivity index (χ2v) is 16.6. The van der Waals surface area contributed by atoms with Gasteiger partial charge in [-0.2, -0.15) is 0 Å². The van der Waals surface area contributed by atoms with Gasteiger partial charge in [0.15, 0.2) is 0 Å². The van der Waals surface area contributed by atoms with Crippen LogP contribution in [-0.4, -0.2) is 83.6 Å². The summed E-state index contributed by atoms with van der Waals surface area (Å²) in [6, 6.07) is 15.1. The molecule has 5 heterocycles. The lowest BCUT2D eigenvalue weighted by Crippen LogP contribution is -2.54. The molecule has 0 aromatic heterocycles. The molecule has 3 fully saturated rings. The molecule has 56 heavy (non-hydrogen) atoms. The Bertz CT molecular complexity index is 2140. The lowest BCUT2D eigenvalue weighted by Gasteiger charge is -2.36. The Morgan fingerprint density at radius 1 is 0.839 bits per heavy atom. The van der Waals surface area contributed by atoms with Crippen LogP contribution >= 0.6 is 11.6 Å². The first-order valence-corrected chi connectivity index (χ1v) is 20.2. The quantitative estimate of drug-likeness (QED) is 0.234. The van der Waals surface area contributed by atoms with Gasteiger partial charge in [-0.1, -0.05) is 17.7 Å². The van der Waals surface area contributed by atoms with Crippen LogP contribution in [-0.2, 0) is 29.1 Å². The Morgan fingerprint density at radius 3 is 2.16 bits per heavy atom. The number of carbonyl (C=O) groups excluding carboxylic acids is 5.